The van der Waals surface area contributed by atoms with Crippen LogP contribution in [-0.4, -0.2) is 20.0 Å². The molecule has 0 saturated heterocycles. The van der Waals surface area contributed by atoms with Crippen molar-refractivity contribution in [3.63, 3.8) is 0 Å². The number of nitrogens with one attached hydrogen (secondary N) is 1. The highest BCUT2D eigenvalue weighted by Crippen LogP contribution is 2.28. The van der Waals surface area contributed by atoms with Crippen molar-refractivity contribution in [3.8, 4) is 0 Å². The Hall–Kier alpha value is -1.52. The lowest BCUT2D eigenvalue weighted by Crippen LogP contribution is -2.16. The van der Waals surface area contributed by atoms with E-state index in [2.05, 4.69) is 21.2 Å². The minimum atomic E-state index is -0.164. The molecule has 2 rings (SSSR count). The fourth-order valence-corrected chi connectivity index (χ4v) is 2.23. The number of benzene rings is 2. The fourth-order valence-electron chi connectivity index (χ4n) is 1.79. The third kappa shape index (κ3) is 3.52. The van der Waals surface area contributed by atoms with Gasteiger partial charge < -0.3 is 10.2 Å². The maximum absolute atomic E-state index is 12.2. The number of hydrogen-bond donors (Lipinski definition) is 1. The third-order valence-corrected chi connectivity index (χ3v) is 3.56. The summed E-state index contributed by atoms with van der Waals surface area (Å²) in [6, 6.07) is 12.6. The molecule has 1 N–H and O–H groups in total. The van der Waals surface area contributed by atoms with Crippen molar-refractivity contribution in [2.45, 2.75) is 0 Å². The molecule has 1 amide bonds. The zero-order valence-corrected chi connectivity index (χ0v) is 13.5. The van der Waals surface area contributed by atoms with E-state index in [9.17, 15) is 4.79 Å². The average Bonchev–Trinajstić information content (AvgIpc) is 2.39. The van der Waals surface area contributed by atoms with Crippen molar-refractivity contribution < 1.29 is 4.79 Å². The fraction of sp³-hybridized carbons (Fsp3) is 0.133. The topological polar surface area (TPSA) is 32.3 Å². The second-order valence-corrected chi connectivity index (χ2v) is 5.87. The van der Waals surface area contributed by atoms with Crippen molar-refractivity contribution >= 4 is 44.8 Å². The average molecular weight is 354 g/mol. The molecule has 5 heteroatoms. The Morgan fingerprint density at radius 2 is 1.80 bits per heavy atom. The Kier molecular flexibility index (Phi) is 4.68. The number of carbonyl (C=O) groups is 1. The van der Waals surface area contributed by atoms with Crippen LogP contribution in [-0.2, 0) is 0 Å². The summed E-state index contributed by atoms with van der Waals surface area (Å²) in [6.07, 6.45) is 0. The molecule has 0 heterocycles. The number of anilines is 2. The number of carbonyl (C=O) groups excluding carboxylic acids is 1. The Morgan fingerprint density at radius 1 is 1.15 bits per heavy atom. The molecule has 0 fully saturated rings. The van der Waals surface area contributed by atoms with Crippen LogP contribution in [0.1, 0.15) is 10.4 Å². The summed E-state index contributed by atoms with van der Waals surface area (Å²) < 4.78 is 0.936. The second-order valence-electron chi connectivity index (χ2n) is 4.52. The van der Waals surface area contributed by atoms with Crippen LogP contribution >= 0.6 is 27.5 Å². The Balaban J connectivity index is 2.27. The standard InChI is InChI=1S/C15H14BrClN2O/c1-19(2)14-8-7-12(17)9-13(14)18-15(20)10-3-5-11(16)6-4-10/h3-9H,1-2H3,(H,18,20). The number of rotatable bonds is 3. The van der Waals surface area contributed by atoms with E-state index in [0.29, 0.717) is 16.3 Å². The molecule has 0 saturated carbocycles. The molecule has 0 atom stereocenters. The third-order valence-electron chi connectivity index (χ3n) is 2.80. The molecule has 2 aromatic rings. The van der Waals surface area contributed by atoms with Crippen LogP contribution in [0.4, 0.5) is 11.4 Å². The van der Waals surface area contributed by atoms with Gasteiger partial charge in [0.2, 0.25) is 0 Å². The molecular weight excluding hydrogens is 340 g/mol. The predicted octanol–water partition coefficient (Wildman–Crippen LogP) is 4.42. The van der Waals surface area contributed by atoms with E-state index in [-0.39, 0.29) is 5.91 Å². The van der Waals surface area contributed by atoms with E-state index >= 15 is 0 Å². The molecule has 0 aliphatic carbocycles. The molecule has 104 valence electrons. The largest absolute Gasteiger partial charge is 0.376 e. The maximum atomic E-state index is 12.2. The normalized spacial score (nSPS) is 10.2. The first-order valence-electron chi connectivity index (χ1n) is 6.01. The second kappa shape index (κ2) is 6.29. The first-order valence-corrected chi connectivity index (χ1v) is 7.18. The molecule has 3 nitrogen and oxygen atoms in total. The minimum absolute atomic E-state index is 0.164. The summed E-state index contributed by atoms with van der Waals surface area (Å²) >= 11 is 9.34. The van der Waals surface area contributed by atoms with Gasteiger partial charge in [0.05, 0.1) is 11.4 Å². The van der Waals surface area contributed by atoms with Gasteiger partial charge in [-0.1, -0.05) is 27.5 Å². The smallest absolute Gasteiger partial charge is 0.255 e. The minimum Gasteiger partial charge on any atom is -0.376 e. The Labute approximate surface area is 131 Å². The van der Waals surface area contributed by atoms with Gasteiger partial charge in [-0.2, -0.15) is 0 Å². The van der Waals surface area contributed by atoms with Crippen molar-refractivity contribution in [1.29, 1.82) is 0 Å². The molecule has 0 aliphatic heterocycles. The van der Waals surface area contributed by atoms with E-state index in [1.165, 1.54) is 0 Å². The molecule has 0 bridgehead atoms. The van der Waals surface area contributed by atoms with E-state index in [4.69, 9.17) is 11.6 Å². The number of amides is 1. The van der Waals surface area contributed by atoms with Gasteiger partial charge in [0, 0.05) is 29.2 Å². The molecular formula is C15H14BrClN2O. The van der Waals surface area contributed by atoms with Crippen LogP contribution in [0.5, 0.6) is 0 Å². The SMILES string of the molecule is CN(C)c1ccc(Cl)cc1NC(=O)c1ccc(Br)cc1. The molecule has 0 aromatic heterocycles. The van der Waals surface area contributed by atoms with Crippen molar-refractivity contribution in [2.24, 2.45) is 0 Å². The zero-order valence-electron chi connectivity index (χ0n) is 11.2. The van der Waals surface area contributed by atoms with Gasteiger partial charge in [-0.25, -0.2) is 0 Å². The van der Waals surface area contributed by atoms with Crippen LogP contribution in [0.25, 0.3) is 0 Å². The number of nitrogens with zero attached hydrogens (tertiary/aromatic N) is 1. The van der Waals surface area contributed by atoms with Gasteiger partial charge in [-0.3, -0.25) is 4.79 Å². The molecule has 2 aromatic carbocycles. The van der Waals surface area contributed by atoms with Gasteiger partial charge in [-0.15, -0.1) is 0 Å². The summed E-state index contributed by atoms with van der Waals surface area (Å²) in [5.41, 5.74) is 2.19. The van der Waals surface area contributed by atoms with Crippen LogP contribution in [0.15, 0.2) is 46.9 Å². The van der Waals surface area contributed by atoms with Gasteiger partial charge >= 0.3 is 0 Å². The highest BCUT2D eigenvalue weighted by Gasteiger charge is 2.11. The van der Waals surface area contributed by atoms with Gasteiger partial charge in [0.1, 0.15) is 0 Å². The lowest BCUT2D eigenvalue weighted by atomic mass is 10.2. The Bertz CT molecular complexity index is 626. The molecule has 0 spiro atoms. The molecule has 0 radical (unpaired) electrons. The van der Waals surface area contributed by atoms with E-state index in [1.54, 1.807) is 24.3 Å². The first-order chi connectivity index (χ1) is 9.47. The van der Waals surface area contributed by atoms with E-state index < -0.39 is 0 Å². The quantitative estimate of drug-likeness (QED) is 0.886. The molecule has 0 aliphatic rings. The predicted molar refractivity (Wildman–Crippen MR) is 87.9 cm³/mol. The monoisotopic (exact) mass is 352 g/mol. The van der Waals surface area contributed by atoms with Crippen LogP contribution in [0.2, 0.25) is 5.02 Å². The number of hydrogen-bond acceptors (Lipinski definition) is 2. The Morgan fingerprint density at radius 3 is 2.40 bits per heavy atom. The van der Waals surface area contributed by atoms with Crippen LogP contribution in [0.3, 0.4) is 0 Å². The van der Waals surface area contributed by atoms with E-state index in [0.717, 1.165) is 10.2 Å². The van der Waals surface area contributed by atoms with Crippen molar-refractivity contribution in [3.05, 3.63) is 57.5 Å². The maximum Gasteiger partial charge on any atom is 0.255 e. The highest BCUT2D eigenvalue weighted by molar-refractivity contribution is 9.10. The zero-order chi connectivity index (χ0) is 14.7. The first kappa shape index (κ1) is 14.9. The molecule has 0 unspecified atom stereocenters. The lowest BCUT2D eigenvalue weighted by molar-refractivity contribution is 0.102. The summed E-state index contributed by atoms with van der Waals surface area (Å²) in [6.45, 7) is 0. The van der Waals surface area contributed by atoms with Crippen molar-refractivity contribution in [1.82, 2.24) is 0 Å². The molecule has 20 heavy (non-hydrogen) atoms. The summed E-state index contributed by atoms with van der Waals surface area (Å²) in [7, 11) is 3.83. The van der Waals surface area contributed by atoms with Crippen LogP contribution in [0, 0.1) is 0 Å². The van der Waals surface area contributed by atoms with Crippen LogP contribution < -0.4 is 10.2 Å². The number of halogens is 2. The lowest BCUT2D eigenvalue weighted by Gasteiger charge is -2.18. The summed E-state index contributed by atoms with van der Waals surface area (Å²) in [4.78, 5) is 14.1. The van der Waals surface area contributed by atoms with Gasteiger partial charge in [-0.05, 0) is 42.5 Å². The van der Waals surface area contributed by atoms with Gasteiger partial charge in [0.25, 0.3) is 5.91 Å². The highest BCUT2D eigenvalue weighted by atomic mass is 79.9. The summed E-state index contributed by atoms with van der Waals surface area (Å²) in [5, 5.41) is 3.47. The van der Waals surface area contributed by atoms with E-state index in [1.807, 2.05) is 37.2 Å². The van der Waals surface area contributed by atoms with Crippen molar-refractivity contribution in [2.75, 3.05) is 24.3 Å². The summed E-state index contributed by atoms with van der Waals surface area (Å²) in [5.74, 6) is -0.164. The van der Waals surface area contributed by atoms with Gasteiger partial charge in [0.15, 0.2) is 0 Å².